The number of amides is 1. The summed E-state index contributed by atoms with van der Waals surface area (Å²) in [5.74, 6) is 1.20. The summed E-state index contributed by atoms with van der Waals surface area (Å²) >= 11 is 0. The van der Waals surface area contributed by atoms with Crippen molar-refractivity contribution in [2.24, 2.45) is 4.99 Å². The molecule has 7 heteroatoms. The summed E-state index contributed by atoms with van der Waals surface area (Å²) in [4.78, 5) is 17.9. The first-order chi connectivity index (χ1) is 14.0. The molecule has 2 N–H and O–H groups in total. The van der Waals surface area contributed by atoms with Gasteiger partial charge in [-0.15, -0.1) is 0 Å². The number of anilines is 1. The molecule has 29 heavy (non-hydrogen) atoms. The molecule has 0 aliphatic carbocycles. The van der Waals surface area contributed by atoms with Gasteiger partial charge in [0, 0.05) is 32.2 Å². The molecule has 1 fully saturated rings. The van der Waals surface area contributed by atoms with E-state index < -0.39 is 0 Å². The average molecular weight is 398 g/mol. The van der Waals surface area contributed by atoms with E-state index in [2.05, 4.69) is 15.6 Å². The molecule has 6 nitrogen and oxygen atoms in total. The summed E-state index contributed by atoms with van der Waals surface area (Å²) in [5.41, 5.74) is 2.05. The maximum atomic E-state index is 13.0. The number of rotatable bonds is 7. The van der Waals surface area contributed by atoms with E-state index in [1.807, 2.05) is 36.1 Å². The topological polar surface area (TPSA) is 66.0 Å². The van der Waals surface area contributed by atoms with Crippen molar-refractivity contribution < 1.29 is 13.9 Å². The normalized spacial score (nSPS) is 15.3. The quantitative estimate of drug-likeness (QED) is 0.556. The van der Waals surface area contributed by atoms with Crippen LogP contribution in [0.15, 0.2) is 53.5 Å². The molecule has 1 aliphatic rings. The number of hydrogen-bond donors (Lipinski definition) is 2. The van der Waals surface area contributed by atoms with E-state index >= 15 is 0 Å². The summed E-state index contributed by atoms with van der Waals surface area (Å²) in [6, 6.07) is 14.0. The van der Waals surface area contributed by atoms with E-state index in [1.54, 1.807) is 19.2 Å². The Morgan fingerprint density at radius 3 is 2.52 bits per heavy atom. The smallest absolute Gasteiger partial charge is 0.227 e. The van der Waals surface area contributed by atoms with Gasteiger partial charge in [-0.1, -0.05) is 12.1 Å². The van der Waals surface area contributed by atoms with Gasteiger partial charge in [-0.05, 0) is 55.3 Å². The third kappa shape index (κ3) is 5.94. The third-order valence-corrected chi connectivity index (χ3v) is 4.71. The van der Waals surface area contributed by atoms with Crippen molar-refractivity contribution in [2.45, 2.75) is 32.4 Å². The maximum absolute atomic E-state index is 13.0. The van der Waals surface area contributed by atoms with Crippen molar-refractivity contribution in [1.82, 2.24) is 10.6 Å². The van der Waals surface area contributed by atoms with Gasteiger partial charge in [-0.3, -0.25) is 9.79 Å². The van der Waals surface area contributed by atoms with Crippen molar-refractivity contribution in [1.29, 1.82) is 0 Å². The SMILES string of the molecule is CN=C(NCc1ccc(N2CCCC2=O)cc1)NCC(C)Oc1ccc(F)cc1. The Hall–Kier alpha value is -3.09. The molecule has 1 amide bonds. The Morgan fingerprint density at radius 1 is 1.17 bits per heavy atom. The second kappa shape index (κ2) is 9.91. The van der Waals surface area contributed by atoms with Gasteiger partial charge >= 0.3 is 0 Å². The Bertz CT molecular complexity index is 837. The second-order valence-electron chi connectivity index (χ2n) is 7.00. The molecule has 1 atom stereocenters. The van der Waals surface area contributed by atoms with Crippen molar-refractivity contribution >= 4 is 17.6 Å². The Labute approximate surface area is 170 Å². The summed E-state index contributed by atoms with van der Waals surface area (Å²) in [5, 5.41) is 6.48. The van der Waals surface area contributed by atoms with Crippen LogP contribution in [-0.4, -0.2) is 38.1 Å². The minimum Gasteiger partial charge on any atom is -0.489 e. The van der Waals surface area contributed by atoms with Crippen LogP contribution in [0.25, 0.3) is 0 Å². The molecular formula is C22H27FN4O2. The van der Waals surface area contributed by atoms with E-state index in [-0.39, 0.29) is 17.8 Å². The van der Waals surface area contributed by atoms with Crippen LogP contribution in [0.1, 0.15) is 25.3 Å². The summed E-state index contributed by atoms with van der Waals surface area (Å²) < 4.78 is 18.7. The number of halogens is 1. The van der Waals surface area contributed by atoms with E-state index in [4.69, 9.17) is 4.74 Å². The van der Waals surface area contributed by atoms with Gasteiger partial charge in [0.1, 0.15) is 17.7 Å². The predicted molar refractivity (Wildman–Crippen MR) is 113 cm³/mol. The zero-order valence-corrected chi connectivity index (χ0v) is 16.8. The minimum absolute atomic E-state index is 0.115. The highest BCUT2D eigenvalue weighted by Gasteiger charge is 2.21. The molecule has 0 radical (unpaired) electrons. The monoisotopic (exact) mass is 398 g/mol. The number of nitrogens with one attached hydrogen (secondary N) is 2. The predicted octanol–water partition coefficient (Wildman–Crippen LogP) is 3.09. The lowest BCUT2D eigenvalue weighted by atomic mass is 10.2. The number of carbonyl (C=O) groups is 1. The fourth-order valence-electron chi connectivity index (χ4n) is 3.15. The number of nitrogens with zero attached hydrogens (tertiary/aromatic N) is 2. The van der Waals surface area contributed by atoms with E-state index in [9.17, 15) is 9.18 Å². The molecule has 1 aliphatic heterocycles. The van der Waals surface area contributed by atoms with Crippen LogP contribution in [0.3, 0.4) is 0 Å². The number of ether oxygens (including phenoxy) is 1. The number of guanidine groups is 1. The van der Waals surface area contributed by atoms with Crippen LogP contribution in [-0.2, 0) is 11.3 Å². The largest absolute Gasteiger partial charge is 0.489 e. The van der Waals surface area contributed by atoms with E-state index in [0.29, 0.717) is 31.2 Å². The average Bonchev–Trinajstić information content (AvgIpc) is 3.16. The van der Waals surface area contributed by atoms with Crippen LogP contribution < -0.4 is 20.3 Å². The van der Waals surface area contributed by atoms with Crippen LogP contribution in [0.2, 0.25) is 0 Å². The van der Waals surface area contributed by atoms with Crippen LogP contribution in [0.5, 0.6) is 5.75 Å². The molecular weight excluding hydrogens is 371 g/mol. The molecule has 2 aromatic rings. The Kier molecular flexibility index (Phi) is 7.05. The fraction of sp³-hybridized carbons (Fsp3) is 0.364. The Morgan fingerprint density at radius 2 is 1.90 bits per heavy atom. The highest BCUT2D eigenvalue weighted by Crippen LogP contribution is 2.21. The summed E-state index contributed by atoms with van der Waals surface area (Å²) in [6.07, 6.45) is 1.44. The van der Waals surface area contributed by atoms with E-state index in [1.165, 1.54) is 12.1 Å². The fourth-order valence-corrected chi connectivity index (χ4v) is 3.15. The van der Waals surface area contributed by atoms with Crippen LogP contribution in [0, 0.1) is 5.82 Å². The number of aliphatic imine (C=N–C) groups is 1. The van der Waals surface area contributed by atoms with Crippen molar-refractivity contribution in [3.63, 3.8) is 0 Å². The van der Waals surface area contributed by atoms with Gasteiger partial charge in [0.05, 0.1) is 6.54 Å². The lowest BCUT2D eigenvalue weighted by molar-refractivity contribution is -0.117. The summed E-state index contributed by atoms with van der Waals surface area (Å²) in [6.45, 7) is 3.89. The summed E-state index contributed by atoms with van der Waals surface area (Å²) in [7, 11) is 1.71. The van der Waals surface area contributed by atoms with Crippen molar-refractivity contribution in [3.8, 4) is 5.75 Å². The molecule has 0 bridgehead atoms. The molecule has 1 saturated heterocycles. The number of hydrogen-bond acceptors (Lipinski definition) is 3. The first-order valence-electron chi connectivity index (χ1n) is 9.81. The standard InChI is InChI=1S/C22H27FN4O2/c1-16(29-20-11-7-18(23)8-12-20)14-25-22(24-2)26-15-17-5-9-19(10-6-17)27-13-3-4-21(27)28/h5-12,16H,3-4,13-15H2,1-2H3,(H2,24,25,26). The van der Waals surface area contributed by atoms with Gasteiger partial charge in [-0.25, -0.2) is 4.39 Å². The lowest BCUT2D eigenvalue weighted by Crippen LogP contribution is -2.41. The van der Waals surface area contributed by atoms with Gasteiger partial charge in [0.15, 0.2) is 5.96 Å². The first-order valence-corrected chi connectivity index (χ1v) is 9.81. The Balaban J connectivity index is 1.44. The molecule has 0 saturated carbocycles. The highest BCUT2D eigenvalue weighted by molar-refractivity contribution is 5.95. The van der Waals surface area contributed by atoms with Gasteiger partial charge < -0.3 is 20.3 Å². The zero-order chi connectivity index (χ0) is 20.6. The van der Waals surface area contributed by atoms with Gasteiger partial charge in [-0.2, -0.15) is 0 Å². The molecule has 1 heterocycles. The molecule has 0 aromatic heterocycles. The number of carbonyl (C=O) groups excluding carboxylic acids is 1. The zero-order valence-electron chi connectivity index (χ0n) is 16.8. The first kappa shape index (κ1) is 20.6. The van der Waals surface area contributed by atoms with Gasteiger partial charge in [0.25, 0.3) is 0 Å². The highest BCUT2D eigenvalue weighted by atomic mass is 19.1. The van der Waals surface area contributed by atoms with Gasteiger partial charge in [0.2, 0.25) is 5.91 Å². The molecule has 154 valence electrons. The maximum Gasteiger partial charge on any atom is 0.227 e. The molecule has 0 spiro atoms. The molecule has 2 aromatic carbocycles. The van der Waals surface area contributed by atoms with Crippen molar-refractivity contribution in [3.05, 3.63) is 59.9 Å². The van der Waals surface area contributed by atoms with Crippen molar-refractivity contribution in [2.75, 3.05) is 25.0 Å². The molecule has 3 rings (SSSR count). The minimum atomic E-state index is -0.284. The lowest BCUT2D eigenvalue weighted by Gasteiger charge is -2.18. The third-order valence-electron chi connectivity index (χ3n) is 4.71. The van der Waals surface area contributed by atoms with E-state index in [0.717, 1.165) is 24.2 Å². The van der Waals surface area contributed by atoms with Crippen LogP contribution >= 0.6 is 0 Å². The second-order valence-corrected chi connectivity index (χ2v) is 7.00. The van der Waals surface area contributed by atoms with Crippen LogP contribution in [0.4, 0.5) is 10.1 Å². The number of benzene rings is 2. The molecule has 1 unspecified atom stereocenters.